The van der Waals surface area contributed by atoms with Gasteiger partial charge in [0.25, 0.3) is 0 Å². The Balaban J connectivity index is 2.46. The molecule has 2 unspecified atom stereocenters. The molecule has 0 spiro atoms. The van der Waals surface area contributed by atoms with Crippen LogP contribution in [-0.4, -0.2) is 37.0 Å². The average Bonchev–Trinajstić information content (AvgIpc) is 2.27. The van der Waals surface area contributed by atoms with Crippen molar-refractivity contribution in [1.82, 2.24) is 10.2 Å². The predicted molar refractivity (Wildman–Crippen MR) is 67.3 cm³/mol. The van der Waals surface area contributed by atoms with E-state index in [1.165, 1.54) is 12.8 Å². The third-order valence-corrected chi connectivity index (χ3v) is 3.40. The minimum absolute atomic E-state index is 0.0578. The van der Waals surface area contributed by atoms with Crippen LogP contribution in [0.4, 0.5) is 0 Å². The summed E-state index contributed by atoms with van der Waals surface area (Å²) in [7, 11) is 1.92. The van der Waals surface area contributed by atoms with Crippen molar-refractivity contribution in [3.05, 3.63) is 0 Å². The highest BCUT2D eigenvalue weighted by Crippen LogP contribution is 2.20. The van der Waals surface area contributed by atoms with E-state index < -0.39 is 0 Å². The van der Waals surface area contributed by atoms with Crippen molar-refractivity contribution in [3.63, 3.8) is 0 Å². The van der Waals surface area contributed by atoms with Gasteiger partial charge in [0.1, 0.15) is 0 Å². The van der Waals surface area contributed by atoms with Crippen molar-refractivity contribution < 1.29 is 4.79 Å². The lowest BCUT2D eigenvalue weighted by atomic mass is 9.90. The van der Waals surface area contributed by atoms with Crippen LogP contribution >= 0.6 is 0 Å². The van der Waals surface area contributed by atoms with Gasteiger partial charge in [-0.05, 0) is 31.2 Å². The lowest BCUT2D eigenvalue weighted by molar-refractivity contribution is -0.133. The first-order chi connectivity index (χ1) is 7.54. The van der Waals surface area contributed by atoms with E-state index in [2.05, 4.69) is 26.1 Å². The van der Waals surface area contributed by atoms with Crippen LogP contribution in [0, 0.1) is 11.8 Å². The van der Waals surface area contributed by atoms with Crippen molar-refractivity contribution in [2.45, 2.75) is 46.1 Å². The van der Waals surface area contributed by atoms with Gasteiger partial charge >= 0.3 is 0 Å². The number of hydrogen-bond acceptors (Lipinski definition) is 2. The molecule has 94 valence electrons. The standard InChI is InChI=1S/C13H26N2O/c1-5-11-6-7-14-12(8-11)13(16)15(4)9-10(2)3/h10-12,14H,5-9H2,1-4H3. The number of piperidine rings is 1. The molecule has 1 aliphatic heterocycles. The number of amides is 1. The Kier molecular flexibility index (Phi) is 5.26. The summed E-state index contributed by atoms with van der Waals surface area (Å²) in [5, 5.41) is 3.35. The Labute approximate surface area is 99.6 Å². The van der Waals surface area contributed by atoms with Gasteiger partial charge in [-0.3, -0.25) is 4.79 Å². The summed E-state index contributed by atoms with van der Waals surface area (Å²) in [6, 6.07) is 0.0578. The van der Waals surface area contributed by atoms with Crippen LogP contribution in [0.25, 0.3) is 0 Å². The summed E-state index contributed by atoms with van der Waals surface area (Å²) in [4.78, 5) is 14.0. The quantitative estimate of drug-likeness (QED) is 0.794. The lowest BCUT2D eigenvalue weighted by Crippen LogP contribution is -2.49. The van der Waals surface area contributed by atoms with E-state index in [0.29, 0.717) is 5.92 Å². The molecule has 0 saturated carbocycles. The van der Waals surface area contributed by atoms with Gasteiger partial charge in [0.15, 0.2) is 0 Å². The van der Waals surface area contributed by atoms with Crippen LogP contribution in [-0.2, 0) is 4.79 Å². The number of likely N-dealkylation sites (N-methyl/N-ethyl adjacent to an activating group) is 1. The van der Waals surface area contributed by atoms with Gasteiger partial charge < -0.3 is 10.2 Å². The highest BCUT2D eigenvalue weighted by molar-refractivity contribution is 5.81. The molecule has 0 bridgehead atoms. The molecule has 0 radical (unpaired) electrons. The second kappa shape index (κ2) is 6.24. The molecule has 1 fully saturated rings. The summed E-state index contributed by atoms with van der Waals surface area (Å²) in [5.41, 5.74) is 0. The van der Waals surface area contributed by atoms with Crippen LogP contribution in [0.1, 0.15) is 40.0 Å². The molecule has 1 heterocycles. The third kappa shape index (κ3) is 3.78. The van der Waals surface area contributed by atoms with Gasteiger partial charge in [-0.1, -0.05) is 27.2 Å². The molecule has 3 nitrogen and oxygen atoms in total. The van der Waals surface area contributed by atoms with E-state index in [1.54, 1.807) is 0 Å². The van der Waals surface area contributed by atoms with Crippen LogP contribution in [0.5, 0.6) is 0 Å². The number of nitrogens with one attached hydrogen (secondary N) is 1. The van der Waals surface area contributed by atoms with Crippen molar-refractivity contribution >= 4 is 5.91 Å². The Morgan fingerprint density at radius 1 is 1.50 bits per heavy atom. The van der Waals surface area contributed by atoms with Gasteiger partial charge in [-0.2, -0.15) is 0 Å². The summed E-state index contributed by atoms with van der Waals surface area (Å²) in [6.45, 7) is 8.35. The molecule has 1 N–H and O–H groups in total. The minimum atomic E-state index is 0.0578. The summed E-state index contributed by atoms with van der Waals surface area (Å²) in [5.74, 6) is 1.54. The Bertz CT molecular complexity index is 228. The van der Waals surface area contributed by atoms with E-state index in [1.807, 2.05) is 11.9 Å². The van der Waals surface area contributed by atoms with Crippen molar-refractivity contribution in [2.24, 2.45) is 11.8 Å². The van der Waals surface area contributed by atoms with Crippen LogP contribution in [0.3, 0.4) is 0 Å². The first kappa shape index (κ1) is 13.5. The number of carbonyl (C=O) groups excluding carboxylic acids is 1. The van der Waals surface area contributed by atoms with E-state index in [4.69, 9.17) is 0 Å². The molecule has 0 aromatic heterocycles. The predicted octanol–water partition coefficient (Wildman–Crippen LogP) is 1.88. The Morgan fingerprint density at radius 2 is 2.19 bits per heavy atom. The zero-order valence-corrected chi connectivity index (χ0v) is 11.1. The molecule has 3 heteroatoms. The molecular weight excluding hydrogens is 200 g/mol. The van der Waals surface area contributed by atoms with Crippen LogP contribution < -0.4 is 5.32 Å². The van der Waals surface area contributed by atoms with E-state index in [-0.39, 0.29) is 11.9 Å². The number of carbonyl (C=O) groups is 1. The van der Waals surface area contributed by atoms with Crippen molar-refractivity contribution in [3.8, 4) is 0 Å². The Hall–Kier alpha value is -0.570. The first-order valence-corrected chi connectivity index (χ1v) is 6.53. The number of nitrogens with zero attached hydrogens (tertiary/aromatic N) is 1. The van der Waals surface area contributed by atoms with Crippen molar-refractivity contribution in [2.75, 3.05) is 20.1 Å². The SMILES string of the molecule is CCC1CCNC(C(=O)N(C)CC(C)C)C1. The van der Waals surface area contributed by atoms with Gasteiger partial charge in [0.2, 0.25) is 5.91 Å². The maximum absolute atomic E-state index is 12.2. The highest BCUT2D eigenvalue weighted by Gasteiger charge is 2.27. The molecule has 16 heavy (non-hydrogen) atoms. The van der Waals surface area contributed by atoms with Gasteiger partial charge in [-0.15, -0.1) is 0 Å². The fraction of sp³-hybridized carbons (Fsp3) is 0.923. The summed E-state index contributed by atoms with van der Waals surface area (Å²) < 4.78 is 0. The zero-order valence-electron chi connectivity index (χ0n) is 11.1. The number of rotatable bonds is 4. The first-order valence-electron chi connectivity index (χ1n) is 6.53. The van der Waals surface area contributed by atoms with Gasteiger partial charge in [0.05, 0.1) is 6.04 Å². The smallest absolute Gasteiger partial charge is 0.239 e. The van der Waals surface area contributed by atoms with Gasteiger partial charge in [-0.25, -0.2) is 0 Å². The molecule has 2 atom stereocenters. The van der Waals surface area contributed by atoms with Crippen LogP contribution in [0.15, 0.2) is 0 Å². The van der Waals surface area contributed by atoms with E-state index >= 15 is 0 Å². The highest BCUT2D eigenvalue weighted by atomic mass is 16.2. The molecule has 1 amide bonds. The monoisotopic (exact) mass is 226 g/mol. The molecule has 0 aromatic rings. The second-order valence-corrected chi connectivity index (χ2v) is 5.42. The Morgan fingerprint density at radius 3 is 2.75 bits per heavy atom. The zero-order chi connectivity index (χ0) is 12.1. The normalized spacial score (nSPS) is 25.8. The maximum atomic E-state index is 12.2. The summed E-state index contributed by atoms with van der Waals surface area (Å²) >= 11 is 0. The van der Waals surface area contributed by atoms with Gasteiger partial charge in [0, 0.05) is 13.6 Å². The average molecular weight is 226 g/mol. The molecular formula is C13H26N2O. The van der Waals surface area contributed by atoms with Crippen LogP contribution in [0.2, 0.25) is 0 Å². The largest absolute Gasteiger partial charge is 0.344 e. The molecule has 1 aliphatic rings. The fourth-order valence-corrected chi connectivity index (χ4v) is 2.46. The number of hydrogen-bond donors (Lipinski definition) is 1. The second-order valence-electron chi connectivity index (χ2n) is 5.42. The fourth-order valence-electron chi connectivity index (χ4n) is 2.46. The topological polar surface area (TPSA) is 32.3 Å². The third-order valence-electron chi connectivity index (χ3n) is 3.40. The molecule has 0 aliphatic carbocycles. The van der Waals surface area contributed by atoms with E-state index in [0.717, 1.165) is 25.4 Å². The lowest BCUT2D eigenvalue weighted by Gasteiger charge is -2.32. The molecule has 0 aromatic carbocycles. The van der Waals surface area contributed by atoms with E-state index in [9.17, 15) is 4.79 Å². The summed E-state index contributed by atoms with van der Waals surface area (Å²) in [6.07, 6.45) is 3.42. The minimum Gasteiger partial charge on any atom is -0.344 e. The maximum Gasteiger partial charge on any atom is 0.239 e. The molecule has 1 saturated heterocycles. The molecule has 1 rings (SSSR count). The van der Waals surface area contributed by atoms with Crippen molar-refractivity contribution in [1.29, 1.82) is 0 Å².